The fourth-order valence-electron chi connectivity index (χ4n) is 5.34. The highest BCUT2D eigenvalue weighted by Crippen LogP contribution is 2.47. The topological polar surface area (TPSA) is 88.7 Å². The Hall–Kier alpha value is -3.10. The third-order valence-electron chi connectivity index (χ3n) is 6.92. The summed E-state index contributed by atoms with van der Waals surface area (Å²) in [5, 5.41) is 13.9. The van der Waals surface area contributed by atoms with Crippen molar-refractivity contribution in [3.05, 3.63) is 64.1 Å². The summed E-state index contributed by atoms with van der Waals surface area (Å²) < 4.78 is 14.2. The number of benzene rings is 2. The molecule has 3 aromatic rings. The van der Waals surface area contributed by atoms with Crippen LogP contribution in [0, 0.1) is 5.82 Å². The van der Waals surface area contributed by atoms with Crippen LogP contribution >= 0.6 is 11.6 Å². The summed E-state index contributed by atoms with van der Waals surface area (Å²) in [6, 6.07) is 8.92. The molecular formula is C25H26ClFN4O3. The number of hydrogen-bond donors (Lipinski definition) is 3. The number of hydrogen-bond acceptors (Lipinski definition) is 4. The molecule has 5 rings (SSSR count). The summed E-state index contributed by atoms with van der Waals surface area (Å²) in [6.45, 7) is 5.30. The van der Waals surface area contributed by atoms with Crippen molar-refractivity contribution < 1.29 is 19.1 Å². The van der Waals surface area contributed by atoms with E-state index in [4.69, 9.17) is 11.6 Å². The molecule has 2 aliphatic heterocycles. The molecule has 0 aliphatic carbocycles. The molecule has 1 aromatic heterocycles. The smallest absolute Gasteiger partial charge is 0.328 e. The van der Waals surface area contributed by atoms with Gasteiger partial charge in [-0.15, -0.1) is 0 Å². The maximum atomic E-state index is 14.2. The lowest BCUT2D eigenvalue weighted by molar-refractivity contribution is -0.133. The number of amides is 3. The van der Waals surface area contributed by atoms with Gasteiger partial charge in [0.2, 0.25) is 0 Å². The Labute approximate surface area is 201 Å². The van der Waals surface area contributed by atoms with Crippen LogP contribution < -0.4 is 5.32 Å². The molecular weight excluding hydrogens is 459 g/mol. The quantitative estimate of drug-likeness (QED) is 0.362. The van der Waals surface area contributed by atoms with E-state index in [1.165, 1.54) is 11.0 Å². The number of aromatic nitrogens is 1. The molecule has 0 radical (unpaired) electrons. The van der Waals surface area contributed by atoms with Crippen LogP contribution in [-0.4, -0.2) is 57.0 Å². The zero-order chi connectivity index (χ0) is 24.2. The van der Waals surface area contributed by atoms with Gasteiger partial charge in [-0.05, 0) is 55.3 Å². The van der Waals surface area contributed by atoms with Gasteiger partial charge in [0, 0.05) is 36.1 Å². The highest BCUT2D eigenvalue weighted by atomic mass is 35.5. The summed E-state index contributed by atoms with van der Waals surface area (Å²) in [6.07, 6.45) is 0.670. The predicted octanol–water partition coefficient (Wildman–Crippen LogP) is 4.14. The minimum atomic E-state index is -1.09. The number of phenolic OH excluding ortho intramolecular Hbond substituents is 1. The van der Waals surface area contributed by atoms with E-state index >= 15 is 0 Å². The lowest BCUT2D eigenvalue weighted by Gasteiger charge is -2.42. The van der Waals surface area contributed by atoms with E-state index < -0.39 is 17.4 Å². The van der Waals surface area contributed by atoms with E-state index in [9.17, 15) is 19.1 Å². The van der Waals surface area contributed by atoms with E-state index in [2.05, 4.69) is 10.3 Å². The number of nitrogens with one attached hydrogen (secondary N) is 2. The first kappa shape index (κ1) is 22.7. The number of fused-ring (bicyclic) bond motifs is 4. The zero-order valence-corrected chi connectivity index (χ0v) is 19.7. The number of carbonyl (C=O) groups is 2. The van der Waals surface area contributed by atoms with E-state index in [0.29, 0.717) is 24.9 Å². The van der Waals surface area contributed by atoms with Crippen LogP contribution in [0.4, 0.5) is 9.18 Å². The lowest BCUT2D eigenvalue weighted by Crippen LogP contribution is -2.53. The minimum Gasteiger partial charge on any atom is -0.508 e. The number of rotatable bonds is 6. The number of urea groups is 1. The molecule has 1 fully saturated rings. The predicted molar refractivity (Wildman–Crippen MR) is 127 cm³/mol. The third kappa shape index (κ3) is 3.44. The van der Waals surface area contributed by atoms with E-state index in [1.807, 2.05) is 13.0 Å². The molecule has 9 heteroatoms. The second-order valence-electron chi connectivity index (χ2n) is 9.13. The van der Waals surface area contributed by atoms with Crippen molar-refractivity contribution in [3.8, 4) is 5.75 Å². The number of carbonyl (C=O) groups excluding carboxylic acids is 2. The van der Waals surface area contributed by atoms with Gasteiger partial charge in [-0.25, -0.2) is 9.18 Å². The highest BCUT2D eigenvalue weighted by molar-refractivity contribution is 6.31. The van der Waals surface area contributed by atoms with Crippen molar-refractivity contribution in [2.24, 2.45) is 0 Å². The van der Waals surface area contributed by atoms with Gasteiger partial charge >= 0.3 is 6.03 Å². The van der Waals surface area contributed by atoms with Crippen LogP contribution in [-0.2, 0) is 17.6 Å². The van der Waals surface area contributed by atoms with E-state index in [-0.39, 0.29) is 29.3 Å². The molecule has 2 aliphatic rings. The van der Waals surface area contributed by atoms with Crippen molar-refractivity contribution in [3.63, 3.8) is 0 Å². The molecule has 34 heavy (non-hydrogen) atoms. The SMILES string of the molecule is CCNCCN1C(=O)N2C(Cc3cccc(O)c3)c3[nH]c4cc(F)c(Cl)cc4c3C[C@@]2(C)C1=O. The van der Waals surface area contributed by atoms with Gasteiger partial charge in [0.15, 0.2) is 0 Å². The minimum absolute atomic E-state index is 0.00695. The molecule has 1 unspecified atom stereocenters. The van der Waals surface area contributed by atoms with Crippen LogP contribution in [0.25, 0.3) is 10.9 Å². The van der Waals surface area contributed by atoms with Crippen LogP contribution in [0.2, 0.25) is 5.02 Å². The fourth-order valence-corrected chi connectivity index (χ4v) is 5.50. The standard InChI is InChI=1S/C25H26ClFN4O3/c1-3-28-7-8-30-23(33)25(2)13-17-16-11-18(26)19(27)12-20(16)29-22(17)21(31(25)24(30)34)10-14-5-4-6-15(32)9-14/h4-6,9,11-12,21,28-29,32H,3,7-8,10,13H2,1-2H3/t21?,25-/m0/s1. The lowest BCUT2D eigenvalue weighted by atomic mass is 9.81. The number of phenols is 1. The molecule has 178 valence electrons. The molecule has 0 bridgehead atoms. The Morgan fingerprint density at radius 3 is 2.82 bits per heavy atom. The maximum absolute atomic E-state index is 14.2. The van der Waals surface area contributed by atoms with Crippen molar-refractivity contribution in [2.45, 2.75) is 38.3 Å². The van der Waals surface area contributed by atoms with E-state index in [0.717, 1.165) is 28.8 Å². The Kier molecular flexibility index (Phi) is 5.53. The largest absolute Gasteiger partial charge is 0.508 e. The van der Waals surface area contributed by atoms with Gasteiger partial charge in [0.25, 0.3) is 5.91 Å². The van der Waals surface area contributed by atoms with Gasteiger partial charge < -0.3 is 20.3 Å². The highest BCUT2D eigenvalue weighted by Gasteiger charge is 2.59. The average molecular weight is 485 g/mol. The van der Waals surface area contributed by atoms with Crippen LogP contribution in [0.5, 0.6) is 5.75 Å². The molecule has 0 saturated carbocycles. The summed E-state index contributed by atoms with van der Waals surface area (Å²) in [4.78, 5) is 33.5. The molecule has 7 nitrogen and oxygen atoms in total. The van der Waals surface area contributed by atoms with Crippen LogP contribution in [0.15, 0.2) is 36.4 Å². The van der Waals surface area contributed by atoms with Gasteiger partial charge in [-0.1, -0.05) is 30.7 Å². The first-order valence-electron chi connectivity index (χ1n) is 11.4. The third-order valence-corrected chi connectivity index (χ3v) is 7.21. The van der Waals surface area contributed by atoms with E-state index in [1.54, 1.807) is 36.1 Å². The molecule has 2 aromatic carbocycles. The Morgan fingerprint density at radius 2 is 2.09 bits per heavy atom. The summed E-state index contributed by atoms with van der Waals surface area (Å²) in [5.41, 5.74) is 1.91. The van der Waals surface area contributed by atoms with Crippen molar-refractivity contribution in [1.82, 2.24) is 20.1 Å². The monoisotopic (exact) mass is 484 g/mol. The molecule has 3 heterocycles. The Morgan fingerprint density at radius 1 is 1.29 bits per heavy atom. The Balaban J connectivity index is 1.65. The fraction of sp³-hybridized carbons (Fsp3) is 0.360. The normalized spacial score (nSPS) is 21.9. The summed E-state index contributed by atoms with van der Waals surface area (Å²) in [5.74, 6) is -0.659. The van der Waals surface area contributed by atoms with Crippen molar-refractivity contribution in [1.29, 1.82) is 0 Å². The van der Waals surface area contributed by atoms with Crippen LogP contribution in [0.1, 0.15) is 36.7 Å². The van der Waals surface area contributed by atoms with Crippen molar-refractivity contribution in [2.75, 3.05) is 19.6 Å². The van der Waals surface area contributed by atoms with Gasteiger partial charge in [-0.2, -0.15) is 0 Å². The second kappa shape index (κ2) is 8.29. The number of nitrogens with zero attached hydrogens (tertiary/aromatic N) is 2. The number of likely N-dealkylation sites (N-methyl/N-ethyl adjacent to an activating group) is 1. The average Bonchev–Trinajstić information content (AvgIpc) is 3.21. The number of halogens is 2. The first-order chi connectivity index (χ1) is 16.2. The van der Waals surface area contributed by atoms with Gasteiger partial charge in [-0.3, -0.25) is 9.69 Å². The Bertz CT molecular complexity index is 1310. The second-order valence-corrected chi connectivity index (χ2v) is 9.54. The number of aromatic amines is 1. The summed E-state index contributed by atoms with van der Waals surface area (Å²) >= 11 is 6.10. The van der Waals surface area contributed by atoms with Gasteiger partial charge in [0.05, 0.1) is 11.1 Å². The number of imide groups is 1. The maximum Gasteiger partial charge on any atom is 0.328 e. The molecule has 1 saturated heterocycles. The molecule has 3 amide bonds. The molecule has 2 atom stereocenters. The first-order valence-corrected chi connectivity index (χ1v) is 11.8. The number of H-pyrrole nitrogens is 1. The number of aromatic hydroxyl groups is 1. The van der Waals surface area contributed by atoms with Crippen molar-refractivity contribution >= 4 is 34.4 Å². The molecule has 3 N–H and O–H groups in total. The zero-order valence-electron chi connectivity index (χ0n) is 19.0. The van der Waals surface area contributed by atoms with Gasteiger partial charge in [0.1, 0.15) is 17.1 Å². The summed E-state index contributed by atoms with van der Waals surface area (Å²) in [7, 11) is 0. The van der Waals surface area contributed by atoms with Crippen LogP contribution in [0.3, 0.4) is 0 Å². The molecule has 0 spiro atoms.